The number of morpholine rings is 1. The Morgan fingerprint density at radius 3 is 2.65 bits per heavy atom. The minimum absolute atomic E-state index is 0.447. The van der Waals surface area contributed by atoms with Gasteiger partial charge in [0.15, 0.2) is 5.13 Å². The third-order valence-corrected chi connectivity index (χ3v) is 6.59. The lowest BCUT2D eigenvalue weighted by molar-refractivity contribution is 0.0840. The maximum Gasteiger partial charge on any atom is 0.185 e. The van der Waals surface area contributed by atoms with Crippen molar-refractivity contribution in [2.24, 2.45) is 0 Å². The van der Waals surface area contributed by atoms with Crippen molar-refractivity contribution < 1.29 is 4.74 Å². The highest BCUT2D eigenvalue weighted by molar-refractivity contribution is 7.15. The van der Waals surface area contributed by atoms with E-state index in [0.717, 1.165) is 57.6 Å². The van der Waals surface area contributed by atoms with Gasteiger partial charge < -0.3 is 14.5 Å². The van der Waals surface area contributed by atoms with Crippen LogP contribution in [0.4, 0.5) is 5.13 Å². The molecule has 0 amide bonds. The molecule has 2 aliphatic rings. The van der Waals surface area contributed by atoms with Crippen molar-refractivity contribution in [1.82, 2.24) is 14.8 Å². The van der Waals surface area contributed by atoms with E-state index in [9.17, 15) is 0 Å². The number of ether oxygens (including phenoxy) is 1. The molecule has 2 aliphatic heterocycles. The van der Waals surface area contributed by atoms with E-state index < -0.39 is 0 Å². The van der Waals surface area contributed by atoms with Crippen molar-refractivity contribution in [2.75, 3.05) is 57.9 Å². The highest BCUT2D eigenvalue weighted by Gasteiger charge is 2.28. The van der Waals surface area contributed by atoms with Crippen LogP contribution in [0.1, 0.15) is 22.2 Å². The molecule has 1 atom stereocenters. The van der Waals surface area contributed by atoms with Crippen molar-refractivity contribution in [1.29, 1.82) is 0 Å². The molecule has 26 heavy (non-hydrogen) atoms. The van der Waals surface area contributed by atoms with E-state index in [2.05, 4.69) is 59.0 Å². The second kappa shape index (κ2) is 8.05. The number of aryl methyl sites for hydroxylation is 1. The van der Waals surface area contributed by atoms with Crippen LogP contribution in [0.25, 0.3) is 0 Å². The van der Waals surface area contributed by atoms with Crippen LogP contribution in [-0.2, 0) is 11.3 Å². The number of benzene rings is 1. The lowest BCUT2D eigenvalue weighted by Gasteiger charge is -2.40. The summed E-state index contributed by atoms with van der Waals surface area (Å²) in [6.45, 7) is 9.96. The summed E-state index contributed by atoms with van der Waals surface area (Å²) in [5.74, 6) is 0. The van der Waals surface area contributed by atoms with Crippen molar-refractivity contribution in [3.05, 3.63) is 46.5 Å². The maximum atomic E-state index is 5.48. The van der Waals surface area contributed by atoms with Gasteiger partial charge in [-0.05, 0) is 19.5 Å². The third kappa shape index (κ3) is 3.93. The fourth-order valence-corrected chi connectivity index (χ4v) is 4.91. The van der Waals surface area contributed by atoms with Gasteiger partial charge in [0.05, 0.1) is 18.9 Å². The zero-order valence-electron chi connectivity index (χ0n) is 15.7. The van der Waals surface area contributed by atoms with Crippen LogP contribution in [0.15, 0.2) is 30.3 Å². The predicted octanol–water partition coefficient (Wildman–Crippen LogP) is 2.78. The lowest BCUT2D eigenvalue weighted by atomic mass is 10.0. The van der Waals surface area contributed by atoms with E-state index >= 15 is 0 Å². The number of likely N-dealkylation sites (N-methyl/N-ethyl adjacent to an activating group) is 1. The molecule has 6 heteroatoms. The number of piperazine rings is 1. The second-order valence-corrected chi connectivity index (χ2v) is 8.33. The van der Waals surface area contributed by atoms with Crippen LogP contribution in [0, 0.1) is 6.92 Å². The zero-order valence-corrected chi connectivity index (χ0v) is 16.5. The molecule has 3 heterocycles. The Kier molecular flexibility index (Phi) is 5.55. The Morgan fingerprint density at radius 2 is 1.88 bits per heavy atom. The average molecular weight is 373 g/mol. The van der Waals surface area contributed by atoms with Crippen molar-refractivity contribution in [2.45, 2.75) is 19.5 Å². The molecule has 0 bridgehead atoms. The number of hydrogen-bond donors (Lipinski definition) is 0. The van der Waals surface area contributed by atoms with Crippen LogP contribution in [0.5, 0.6) is 0 Å². The fourth-order valence-electron chi connectivity index (χ4n) is 3.77. The van der Waals surface area contributed by atoms with Gasteiger partial charge in [-0.25, -0.2) is 4.98 Å². The van der Waals surface area contributed by atoms with E-state index in [1.807, 2.05) is 11.3 Å². The normalized spacial score (nSPS) is 22.7. The largest absolute Gasteiger partial charge is 0.378 e. The molecule has 0 saturated carbocycles. The quantitative estimate of drug-likeness (QED) is 0.824. The molecule has 1 aromatic heterocycles. The number of aromatic nitrogens is 1. The predicted molar refractivity (Wildman–Crippen MR) is 107 cm³/mol. The first-order valence-corrected chi connectivity index (χ1v) is 10.3. The molecule has 1 aromatic carbocycles. The molecule has 0 spiro atoms. The van der Waals surface area contributed by atoms with E-state index in [0.29, 0.717) is 6.04 Å². The Bertz CT molecular complexity index is 714. The second-order valence-electron chi connectivity index (χ2n) is 7.26. The van der Waals surface area contributed by atoms with Crippen molar-refractivity contribution in [3.8, 4) is 0 Å². The lowest BCUT2D eigenvalue weighted by Crippen LogP contribution is -2.46. The Balaban J connectivity index is 1.52. The zero-order chi connectivity index (χ0) is 17.9. The fraction of sp³-hybridized carbons (Fsp3) is 0.550. The monoisotopic (exact) mass is 372 g/mol. The number of nitrogens with zero attached hydrogens (tertiary/aromatic N) is 4. The first-order chi connectivity index (χ1) is 12.7. The van der Waals surface area contributed by atoms with Gasteiger partial charge >= 0.3 is 0 Å². The summed E-state index contributed by atoms with van der Waals surface area (Å²) >= 11 is 1.86. The van der Waals surface area contributed by atoms with Gasteiger partial charge in [0.1, 0.15) is 0 Å². The molecule has 0 aliphatic carbocycles. The van der Waals surface area contributed by atoms with Gasteiger partial charge in [0.25, 0.3) is 0 Å². The third-order valence-electron chi connectivity index (χ3n) is 5.39. The maximum absolute atomic E-state index is 5.48. The number of hydrogen-bond acceptors (Lipinski definition) is 6. The summed E-state index contributed by atoms with van der Waals surface area (Å²) in [7, 11) is 2.22. The molecule has 2 fully saturated rings. The van der Waals surface area contributed by atoms with Gasteiger partial charge in [-0.2, -0.15) is 0 Å². The Morgan fingerprint density at radius 1 is 1.12 bits per heavy atom. The van der Waals surface area contributed by atoms with Crippen LogP contribution in [0.3, 0.4) is 0 Å². The number of thiazole rings is 1. The van der Waals surface area contributed by atoms with E-state index in [1.54, 1.807) is 0 Å². The summed E-state index contributed by atoms with van der Waals surface area (Å²) in [4.78, 5) is 13.7. The molecule has 0 unspecified atom stereocenters. The smallest absolute Gasteiger partial charge is 0.185 e. The van der Waals surface area contributed by atoms with Gasteiger partial charge in [0, 0.05) is 50.2 Å². The standard InChI is InChI=1S/C20H28N4OS/c1-16-19(26-20(21-16)23-10-12-25-13-11-23)15-24-9-8-22(2)14-18(24)17-6-4-3-5-7-17/h3-7,18H,8-15H2,1-2H3/t18-/m1/s1. The van der Waals surface area contributed by atoms with Gasteiger partial charge in [-0.15, -0.1) is 11.3 Å². The van der Waals surface area contributed by atoms with Gasteiger partial charge in [-0.1, -0.05) is 30.3 Å². The van der Waals surface area contributed by atoms with Gasteiger partial charge in [0.2, 0.25) is 0 Å². The summed E-state index contributed by atoms with van der Waals surface area (Å²) in [5, 5.41) is 1.16. The highest BCUT2D eigenvalue weighted by atomic mass is 32.1. The summed E-state index contributed by atoms with van der Waals surface area (Å²) in [6, 6.07) is 11.4. The summed E-state index contributed by atoms with van der Waals surface area (Å²) < 4.78 is 5.48. The molecule has 4 rings (SSSR count). The van der Waals surface area contributed by atoms with Crippen molar-refractivity contribution in [3.63, 3.8) is 0 Å². The minimum Gasteiger partial charge on any atom is -0.378 e. The first kappa shape index (κ1) is 17.9. The first-order valence-electron chi connectivity index (χ1n) is 9.47. The highest BCUT2D eigenvalue weighted by Crippen LogP contribution is 2.32. The van der Waals surface area contributed by atoms with Crippen LogP contribution in [0.2, 0.25) is 0 Å². The molecule has 2 saturated heterocycles. The average Bonchev–Trinajstić information content (AvgIpc) is 3.05. The molecule has 0 N–H and O–H groups in total. The van der Waals surface area contributed by atoms with E-state index in [4.69, 9.17) is 9.72 Å². The summed E-state index contributed by atoms with van der Waals surface area (Å²) in [5.41, 5.74) is 2.59. The van der Waals surface area contributed by atoms with Crippen molar-refractivity contribution >= 4 is 16.5 Å². The summed E-state index contributed by atoms with van der Waals surface area (Å²) in [6.07, 6.45) is 0. The number of rotatable bonds is 4. The minimum atomic E-state index is 0.447. The van der Waals surface area contributed by atoms with E-state index in [1.165, 1.54) is 16.1 Å². The van der Waals surface area contributed by atoms with Crippen LogP contribution >= 0.6 is 11.3 Å². The van der Waals surface area contributed by atoms with Crippen LogP contribution < -0.4 is 4.90 Å². The molecular weight excluding hydrogens is 344 g/mol. The number of anilines is 1. The molecular formula is C20H28N4OS. The van der Waals surface area contributed by atoms with Gasteiger partial charge in [-0.3, -0.25) is 4.90 Å². The molecule has 140 valence electrons. The van der Waals surface area contributed by atoms with E-state index in [-0.39, 0.29) is 0 Å². The molecule has 2 aromatic rings. The SMILES string of the molecule is Cc1nc(N2CCOCC2)sc1CN1CCN(C)C[C@@H]1c1ccccc1. The van der Waals surface area contributed by atoms with Crippen LogP contribution in [-0.4, -0.2) is 67.8 Å². The molecule has 5 nitrogen and oxygen atoms in total. The Labute approximate surface area is 160 Å². The Hall–Kier alpha value is -1.47. The molecule has 0 radical (unpaired) electrons. The topological polar surface area (TPSA) is 31.8 Å².